The van der Waals surface area contributed by atoms with E-state index in [1.165, 1.54) is 7.11 Å². The Morgan fingerprint density at radius 2 is 2.03 bits per heavy atom. The molecule has 5 heterocycles. The number of nitrogens with one attached hydrogen (secondary N) is 1. The van der Waals surface area contributed by atoms with Gasteiger partial charge < -0.3 is 20.7 Å². The topological polar surface area (TPSA) is 173 Å². The van der Waals surface area contributed by atoms with Crippen molar-refractivity contribution in [2.24, 2.45) is 11.1 Å². The second-order valence-electron chi connectivity index (χ2n) is 9.82. The van der Waals surface area contributed by atoms with Crippen molar-refractivity contribution in [1.82, 2.24) is 34.8 Å². The molecule has 4 aromatic heterocycles. The van der Waals surface area contributed by atoms with Crippen LogP contribution in [0.2, 0.25) is 0 Å². The number of anilines is 2. The van der Waals surface area contributed by atoms with Crippen LogP contribution in [-0.2, 0) is 11.2 Å². The fourth-order valence-electron chi connectivity index (χ4n) is 4.67. The zero-order valence-electron chi connectivity index (χ0n) is 21.3. The summed E-state index contributed by atoms with van der Waals surface area (Å²) >= 11 is 0. The summed E-state index contributed by atoms with van der Waals surface area (Å²) < 4.78 is 6.75. The van der Waals surface area contributed by atoms with Crippen molar-refractivity contribution in [1.29, 1.82) is 5.26 Å². The highest BCUT2D eigenvalue weighted by Crippen LogP contribution is 2.34. The molecule has 0 spiro atoms. The molecule has 0 aliphatic carbocycles. The van der Waals surface area contributed by atoms with Crippen LogP contribution in [-0.4, -0.2) is 66.9 Å². The summed E-state index contributed by atoms with van der Waals surface area (Å²) in [6.45, 7) is 5.78. The van der Waals surface area contributed by atoms with Crippen LogP contribution in [0.1, 0.15) is 31.5 Å². The lowest BCUT2D eigenvalue weighted by Crippen LogP contribution is -2.52. The van der Waals surface area contributed by atoms with Crippen molar-refractivity contribution in [2.45, 2.75) is 32.7 Å². The SMILES string of the molecule is COc1ncc(-c2cc3ncc(CC(N)=O)c(N[C@@H]4CCN(c5ccc(C#N)nn5)CC4(C)C)n3n2)cn1. The number of carbonyl (C=O) groups is 1. The summed E-state index contributed by atoms with van der Waals surface area (Å²) in [6, 6.07) is 7.63. The second kappa shape index (κ2) is 9.89. The molecule has 13 nitrogen and oxygen atoms in total. The molecule has 1 saturated heterocycles. The van der Waals surface area contributed by atoms with E-state index in [1.54, 1.807) is 29.2 Å². The summed E-state index contributed by atoms with van der Waals surface area (Å²) in [5.41, 5.74) is 8.24. The molecule has 0 radical (unpaired) electrons. The molecule has 5 rings (SSSR count). The van der Waals surface area contributed by atoms with Gasteiger partial charge >= 0.3 is 6.01 Å². The van der Waals surface area contributed by atoms with Crippen molar-refractivity contribution < 1.29 is 9.53 Å². The van der Waals surface area contributed by atoms with Gasteiger partial charge in [-0.3, -0.25) is 4.79 Å². The molecule has 4 aromatic rings. The van der Waals surface area contributed by atoms with E-state index in [4.69, 9.17) is 20.8 Å². The third kappa shape index (κ3) is 4.88. The summed E-state index contributed by atoms with van der Waals surface area (Å²) in [6.07, 6.45) is 5.74. The Kier molecular flexibility index (Phi) is 6.46. The number of piperidine rings is 1. The standard InChI is InChI=1S/C25H27N11O2/c1-25(2)14-35(21-5-4-17(10-26)32-33-21)7-6-19(25)31-23-15(8-20(27)37)11-28-22-9-18(34-36(22)23)16-12-29-24(38-3)30-13-16/h4-5,9,11-13,19,31H,6-8,14H2,1-3H3,(H2,27,37)/t19-/m1/s1. The van der Waals surface area contributed by atoms with Gasteiger partial charge in [-0.1, -0.05) is 13.8 Å². The summed E-state index contributed by atoms with van der Waals surface area (Å²) in [5, 5.41) is 25.6. The number of amides is 1. The van der Waals surface area contributed by atoms with Crippen LogP contribution in [0, 0.1) is 16.7 Å². The number of carbonyl (C=O) groups excluding carboxylic acids is 1. The normalized spacial score (nSPS) is 16.7. The minimum absolute atomic E-state index is 0.0201. The first-order valence-corrected chi connectivity index (χ1v) is 12.0. The van der Waals surface area contributed by atoms with Crippen LogP contribution >= 0.6 is 0 Å². The number of ether oxygens (including phenoxy) is 1. The van der Waals surface area contributed by atoms with Crippen LogP contribution in [0.3, 0.4) is 0 Å². The molecular formula is C25H27N11O2. The number of nitrogens with zero attached hydrogens (tertiary/aromatic N) is 9. The van der Waals surface area contributed by atoms with Crippen LogP contribution in [0.25, 0.3) is 16.9 Å². The van der Waals surface area contributed by atoms with Gasteiger partial charge in [0.1, 0.15) is 11.9 Å². The lowest BCUT2D eigenvalue weighted by Gasteiger charge is -2.45. The van der Waals surface area contributed by atoms with Crippen molar-refractivity contribution in [3.05, 3.63) is 48.0 Å². The molecule has 194 valence electrons. The van der Waals surface area contributed by atoms with E-state index in [0.29, 0.717) is 34.8 Å². The van der Waals surface area contributed by atoms with Crippen LogP contribution in [0.4, 0.5) is 11.6 Å². The maximum Gasteiger partial charge on any atom is 0.316 e. The first-order valence-electron chi connectivity index (χ1n) is 12.0. The van der Waals surface area contributed by atoms with E-state index in [2.05, 4.69) is 49.2 Å². The minimum atomic E-state index is -0.460. The van der Waals surface area contributed by atoms with Crippen LogP contribution in [0.5, 0.6) is 6.01 Å². The second-order valence-corrected chi connectivity index (χ2v) is 9.82. The summed E-state index contributed by atoms with van der Waals surface area (Å²) in [5.74, 6) is 0.937. The molecule has 3 N–H and O–H groups in total. The molecule has 1 atom stereocenters. The smallest absolute Gasteiger partial charge is 0.316 e. The Morgan fingerprint density at radius 1 is 1.24 bits per heavy atom. The Morgan fingerprint density at radius 3 is 2.66 bits per heavy atom. The summed E-state index contributed by atoms with van der Waals surface area (Å²) in [4.78, 5) is 26.9. The van der Waals surface area contributed by atoms with Gasteiger partial charge in [0.05, 0.1) is 19.2 Å². The highest BCUT2D eigenvalue weighted by atomic mass is 16.5. The summed E-state index contributed by atoms with van der Waals surface area (Å²) in [7, 11) is 1.51. The van der Waals surface area contributed by atoms with Gasteiger partial charge in [0.15, 0.2) is 17.2 Å². The lowest BCUT2D eigenvalue weighted by molar-refractivity contribution is -0.117. The largest absolute Gasteiger partial charge is 0.467 e. The molecule has 0 saturated carbocycles. The molecular weight excluding hydrogens is 486 g/mol. The quantitative estimate of drug-likeness (QED) is 0.367. The Hall–Kier alpha value is -4.86. The van der Waals surface area contributed by atoms with Crippen LogP contribution in [0.15, 0.2) is 36.8 Å². The van der Waals surface area contributed by atoms with Crippen molar-refractivity contribution in [3.63, 3.8) is 0 Å². The molecule has 1 amide bonds. The maximum atomic E-state index is 11.9. The zero-order chi connectivity index (χ0) is 26.9. The van der Waals surface area contributed by atoms with Gasteiger partial charge in [-0.25, -0.2) is 15.0 Å². The van der Waals surface area contributed by atoms with E-state index in [1.807, 2.05) is 18.2 Å². The van der Waals surface area contributed by atoms with Crippen molar-refractivity contribution >= 4 is 23.2 Å². The van der Waals surface area contributed by atoms with E-state index in [-0.39, 0.29) is 29.6 Å². The number of hydrogen-bond acceptors (Lipinski definition) is 11. The first-order chi connectivity index (χ1) is 18.3. The van der Waals surface area contributed by atoms with Crippen molar-refractivity contribution in [3.8, 4) is 23.3 Å². The van der Waals surface area contributed by atoms with Gasteiger partial charge in [-0.2, -0.15) is 14.9 Å². The molecule has 13 heteroatoms. The van der Waals surface area contributed by atoms with Gasteiger partial charge in [0.25, 0.3) is 0 Å². The highest BCUT2D eigenvalue weighted by molar-refractivity contribution is 5.78. The van der Waals surface area contributed by atoms with Crippen LogP contribution < -0.4 is 20.7 Å². The maximum absolute atomic E-state index is 11.9. The Bertz CT molecular complexity index is 1510. The molecule has 0 bridgehead atoms. The third-order valence-electron chi connectivity index (χ3n) is 6.66. The third-order valence-corrected chi connectivity index (χ3v) is 6.66. The number of hydrogen-bond donors (Lipinski definition) is 2. The number of rotatable bonds is 7. The van der Waals surface area contributed by atoms with E-state index in [9.17, 15) is 4.79 Å². The van der Waals surface area contributed by atoms with E-state index in [0.717, 1.165) is 18.8 Å². The molecule has 0 aromatic carbocycles. The molecule has 1 aliphatic heterocycles. The number of primary amides is 1. The van der Waals surface area contributed by atoms with E-state index < -0.39 is 5.91 Å². The minimum Gasteiger partial charge on any atom is -0.467 e. The molecule has 1 aliphatic rings. The zero-order valence-corrected chi connectivity index (χ0v) is 21.3. The fraction of sp³-hybridized carbons (Fsp3) is 0.360. The average Bonchev–Trinajstić information content (AvgIpc) is 3.35. The van der Waals surface area contributed by atoms with Gasteiger partial charge in [0.2, 0.25) is 5.91 Å². The molecule has 0 unspecified atom stereocenters. The predicted molar refractivity (Wildman–Crippen MR) is 138 cm³/mol. The van der Waals surface area contributed by atoms with Gasteiger partial charge in [-0.15, -0.1) is 10.2 Å². The number of aromatic nitrogens is 7. The molecule has 38 heavy (non-hydrogen) atoms. The van der Waals surface area contributed by atoms with Crippen molar-refractivity contribution in [2.75, 3.05) is 30.4 Å². The van der Waals surface area contributed by atoms with Gasteiger partial charge in [-0.05, 0) is 18.6 Å². The Labute approximate surface area is 218 Å². The highest BCUT2D eigenvalue weighted by Gasteiger charge is 2.37. The predicted octanol–water partition coefficient (Wildman–Crippen LogP) is 1.60. The monoisotopic (exact) mass is 513 g/mol. The van der Waals surface area contributed by atoms with E-state index >= 15 is 0 Å². The number of fused-ring (bicyclic) bond motifs is 1. The number of methoxy groups -OCH3 is 1. The molecule has 1 fully saturated rings. The first kappa shape index (κ1) is 24.8. The van der Waals surface area contributed by atoms with Gasteiger partial charge in [0, 0.05) is 60.3 Å². The number of nitriles is 1. The lowest BCUT2D eigenvalue weighted by atomic mass is 9.79. The number of nitrogens with two attached hydrogens (primary N) is 1. The Balaban J connectivity index is 1.46. The fourth-order valence-corrected chi connectivity index (χ4v) is 4.67. The average molecular weight is 514 g/mol.